The van der Waals surface area contributed by atoms with Gasteiger partial charge in [-0.1, -0.05) is 42.5 Å². The molecule has 0 spiro atoms. The second-order valence-corrected chi connectivity index (χ2v) is 7.23. The lowest BCUT2D eigenvalue weighted by atomic mass is 9.96. The van der Waals surface area contributed by atoms with Crippen LogP contribution in [0.4, 0.5) is 0 Å². The van der Waals surface area contributed by atoms with E-state index in [-0.39, 0.29) is 25.6 Å². The minimum absolute atomic E-state index is 0.0284. The molecule has 1 aliphatic rings. The van der Waals surface area contributed by atoms with E-state index < -0.39 is 24.2 Å². The van der Waals surface area contributed by atoms with E-state index in [1.165, 1.54) is 4.90 Å². The van der Waals surface area contributed by atoms with Gasteiger partial charge in [0.25, 0.3) is 0 Å². The fraction of sp³-hybridized carbons (Fsp3) is 0.391. The van der Waals surface area contributed by atoms with Crippen molar-refractivity contribution in [2.24, 2.45) is 0 Å². The molecule has 2 aromatic rings. The van der Waals surface area contributed by atoms with Crippen LogP contribution in [0.5, 0.6) is 5.75 Å². The van der Waals surface area contributed by atoms with Gasteiger partial charge in [-0.15, -0.1) is 0 Å². The third-order valence-electron chi connectivity index (χ3n) is 5.25. The quantitative estimate of drug-likeness (QED) is 0.671. The highest BCUT2D eigenvalue weighted by Crippen LogP contribution is 2.21. The summed E-state index contributed by atoms with van der Waals surface area (Å²) in [7, 11) is 1.58. The summed E-state index contributed by atoms with van der Waals surface area (Å²) < 4.78 is 10.4. The second-order valence-electron chi connectivity index (χ2n) is 7.23. The third-order valence-corrected chi connectivity index (χ3v) is 5.25. The molecular weight excluding hydrogens is 384 g/mol. The Kier molecular flexibility index (Phi) is 7.43. The van der Waals surface area contributed by atoms with Gasteiger partial charge in [0.2, 0.25) is 5.91 Å². The molecule has 7 heteroatoms. The number of nitrogens with one attached hydrogen (secondary N) is 1. The summed E-state index contributed by atoms with van der Waals surface area (Å²) in [6.07, 6.45) is -0.629. The summed E-state index contributed by atoms with van der Waals surface area (Å²) in [5, 5.41) is 14.3. The van der Waals surface area contributed by atoms with Crippen LogP contribution >= 0.6 is 0 Å². The van der Waals surface area contributed by atoms with Gasteiger partial charge in [0.05, 0.1) is 20.3 Å². The lowest BCUT2D eigenvalue weighted by Crippen LogP contribution is -2.54. The Hall–Kier alpha value is -2.90. The highest BCUT2D eigenvalue weighted by atomic mass is 16.5. The van der Waals surface area contributed by atoms with Crippen LogP contribution in [0.2, 0.25) is 0 Å². The normalized spacial score (nSPS) is 21.8. The Labute approximate surface area is 176 Å². The molecule has 30 heavy (non-hydrogen) atoms. The highest BCUT2D eigenvalue weighted by Gasteiger charge is 2.43. The summed E-state index contributed by atoms with van der Waals surface area (Å²) in [4.78, 5) is 27.1. The summed E-state index contributed by atoms with van der Waals surface area (Å²) in [6.45, 7) is 2.09. The lowest BCUT2D eigenvalue weighted by Gasteiger charge is -2.33. The number of methoxy groups -OCH3 is 1. The minimum atomic E-state index is -1.12. The first-order valence-corrected chi connectivity index (χ1v) is 10.1. The number of hydrogen-bond acceptors (Lipinski definition) is 6. The maximum Gasteiger partial charge on any atom is 0.331 e. The lowest BCUT2D eigenvalue weighted by molar-refractivity contribution is -0.159. The Balaban J connectivity index is 1.87. The average molecular weight is 412 g/mol. The molecule has 1 aliphatic heterocycles. The molecule has 1 fully saturated rings. The van der Waals surface area contributed by atoms with Crippen LogP contribution < -0.4 is 10.1 Å². The van der Waals surface area contributed by atoms with Crippen molar-refractivity contribution in [3.63, 3.8) is 0 Å². The first kappa shape index (κ1) is 21.8. The van der Waals surface area contributed by atoms with Gasteiger partial charge in [-0.3, -0.25) is 4.79 Å². The number of carbonyl (C=O) groups excluding carboxylic acids is 2. The van der Waals surface area contributed by atoms with Gasteiger partial charge in [-0.05, 0) is 36.6 Å². The van der Waals surface area contributed by atoms with Crippen molar-refractivity contribution in [1.82, 2.24) is 10.2 Å². The zero-order valence-electron chi connectivity index (χ0n) is 17.3. The minimum Gasteiger partial charge on any atom is -0.497 e. The predicted octanol–water partition coefficient (Wildman–Crippen LogP) is 1.53. The second kappa shape index (κ2) is 10.2. The fourth-order valence-electron chi connectivity index (χ4n) is 3.67. The van der Waals surface area contributed by atoms with Crippen LogP contribution in [0.3, 0.4) is 0 Å². The zero-order chi connectivity index (χ0) is 21.5. The topological polar surface area (TPSA) is 88.1 Å². The van der Waals surface area contributed by atoms with Gasteiger partial charge in [0.1, 0.15) is 11.9 Å². The highest BCUT2D eigenvalue weighted by molar-refractivity contribution is 5.87. The van der Waals surface area contributed by atoms with Gasteiger partial charge in [0, 0.05) is 12.6 Å². The number of ether oxygens (including phenoxy) is 2. The summed E-state index contributed by atoms with van der Waals surface area (Å²) in [5.41, 5.74) is 1.83. The molecule has 0 saturated carbocycles. The zero-order valence-corrected chi connectivity index (χ0v) is 17.3. The molecule has 0 bridgehead atoms. The van der Waals surface area contributed by atoms with E-state index in [9.17, 15) is 14.7 Å². The first-order valence-electron chi connectivity index (χ1n) is 10.1. The van der Waals surface area contributed by atoms with Crippen molar-refractivity contribution >= 4 is 11.9 Å². The van der Waals surface area contributed by atoms with E-state index in [0.717, 1.165) is 11.1 Å². The molecule has 0 aromatic heterocycles. The van der Waals surface area contributed by atoms with Crippen molar-refractivity contribution in [2.75, 3.05) is 20.3 Å². The SMILES string of the molecule is CCOC(=O)[C@H]1[C@H](O)[C@H](Cc2ccccc2)NCC(=O)N1Cc1ccc(OC)cc1. The van der Waals surface area contributed by atoms with Crippen molar-refractivity contribution < 1.29 is 24.2 Å². The molecule has 0 aliphatic carbocycles. The maximum absolute atomic E-state index is 12.9. The number of esters is 1. The summed E-state index contributed by atoms with van der Waals surface area (Å²) >= 11 is 0. The number of aliphatic hydroxyl groups is 1. The van der Waals surface area contributed by atoms with Crippen LogP contribution in [0.25, 0.3) is 0 Å². The monoisotopic (exact) mass is 412 g/mol. The average Bonchev–Trinajstić information content (AvgIpc) is 2.87. The van der Waals surface area contributed by atoms with Gasteiger partial charge < -0.3 is 24.8 Å². The predicted molar refractivity (Wildman–Crippen MR) is 112 cm³/mol. The van der Waals surface area contributed by atoms with E-state index in [1.54, 1.807) is 26.2 Å². The van der Waals surface area contributed by atoms with Crippen molar-refractivity contribution in [3.8, 4) is 5.75 Å². The molecule has 7 nitrogen and oxygen atoms in total. The Morgan fingerprint density at radius 3 is 2.47 bits per heavy atom. The molecule has 1 saturated heterocycles. The fourth-order valence-corrected chi connectivity index (χ4v) is 3.67. The Morgan fingerprint density at radius 1 is 1.13 bits per heavy atom. The van der Waals surface area contributed by atoms with Crippen LogP contribution in [0, 0.1) is 0 Å². The van der Waals surface area contributed by atoms with Crippen LogP contribution in [-0.4, -0.2) is 60.3 Å². The van der Waals surface area contributed by atoms with E-state index in [2.05, 4.69) is 5.32 Å². The molecular formula is C23H28N2O5. The van der Waals surface area contributed by atoms with E-state index in [4.69, 9.17) is 9.47 Å². The van der Waals surface area contributed by atoms with Crippen LogP contribution in [0.1, 0.15) is 18.1 Å². The summed E-state index contributed by atoms with van der Waals surface area (Å²) in [6, 6.07) is 15.4. The third kappa shape index (κ3) is 5.17. The molecule has 3 rings (SSSR count). The molecule has 3 atom stereocenters. The van der Waals surface area contributed by atoms with Gasteiger partial charge in [-0.25, -0.2) is 4.79 Å². The number of aliphatic hydroxyl groups excluding tert-OH is 1. The largest absolute Gasteiger partial charge is 0.497 e. The smallest absolute Gasteiger partial charge is 0.331 e. The standard InChI is InChI=1S/C23H28N2O5/c1-3-30-23(28)21-22(27)19(13-16-7-5-4-6-8-16)24-14-20(26)25(21)15-17-9-11-18(29-2)12-10-17/h4-12,19,21-22,24,27H,3,13-15H2,1-2H3/t19-,21+,22+/m0/s1. The molecule has 0 unspecified atom stereocenters. The van der Waals surface area contributed by atoms with Crippen molar-refractivity contribution in [1.29, 1.82) is 0 Å². The molecule has 0 radical (unpaired) electrons. The first-order chi connectivity index (χ1) is 14.5. The van der Waals surface area contributed by atoms with E-state index in [1.807, 2.05) is 42.5 Å². The molecule has 2 aromatic carbocycles. The molecule has 160 valence electrons. The van der Waals surface area contributed by atoms with Crippen molar-refractivity contribution in [3.05, 3.63) is 65.7 Å². The number of amides is 1. The maximum atomic E-state index is 12.9. The number of nitrogens with zero attached hydrogens (tertiary/aromatic N) is 1. The number of carbonyl (C=O) groups is 2. The number of rotatable bonds is 7. The van der Waals surface area contributed by atoms with Crippen LogP contribution in [-0.2, 0) is 27.3 Å². The van der Waals surface area contributed by atoms with Gasteiger partial charge in [0.15, 0.2) is 6.04 Å². The Bertz CT molecular complexity index is 840. The van der Waals surface area contributed by atoms with Gasteiger partial charge in [-0.2, -0.15) is 0 Å². The van der Waals surface area contributed by atoms with E-state index in [0.29, 0.717) is 12.2 Å². The molecule has 2 N–H and O–H groups in total. The summed E-state index contributed by atoms with van der Waals surface area (Å²) in [5.74, 6) is -0.167. The van der Waals surface area contributed by atoms with Gasteiger partial charge >= 0.3 is 5.97 Å². The molecule has 1 amide bonds. The van der Waals surface area contributed by atoms with Crippen molar-refractivity contribution in [2.45, 2.75) is 38.1 Å². The number of benzene rings is 2. The van der Waals surface area contributed by atoms with E-state index >= 15 is 0 Å². The van der Waals surface area contributed by atoms with Crippen LogP contribution in [0.15, 0.2) is 54.6 Å². The Morgan fingerprint density at radius 2 is 1.83 bits per heavy atom. The molecule has 1 heterocycles. The number of hydrogen-bond donors (Lipinski definition) is 2.